The maximum Gasteiger partial charge on any atom is 0.397 e. The summed E-state index contributed by atoms with van der Waals surface area (Å²) in [6.07, 6.45) is 58.6. The van der Waals surface area contributed by atoms with Crippen molar-refractivity contribution < 1.29 is 56.2 Å². The summed E-state index contributed by atoms with van der Waals surface area (Å²) >= 11 is 0. The Bertz CT molecular complexity index is 1620. The zero-order valence-corrected chi connectivity index (χ0v) is 45.5. The van der Waals surface area contributed by atoms with E-state index in [-0.39, 0.29) is 19.6 Å². The number of esters is 1. The Morgan fingerprint density at radius 3 is 1.40 bits per heavy atom. The molecule has 0 bridgehead atoms. The van der Waals surface area contributed by atoms with Gasteiger partial charge in [-0.2, -0.15) is 8.42 Å². The number of hydrogen-bond donors (Lipinski definition) is 4. The monoisotopic (exact) mass is 1030 g/mol. The average molecular weight is 1030 g/mol. The molecular weight excluding hydrogens is 933 g/mol. The minimum atomic E-state index is -5.08. The molecule has 1 aliphatic rings. The molecule has 0 spiro atoms. The maximum absolute atomic E-state index is 12.9. The van der Waals surface area contributed by atoms with Crippen LogP contribution in [0.2, 0.25) is 0 Å². The number of carbonyl (C=O) groups is 1. The Kier molecular flexibility index (Phi) is 45.6. The van der Waals surface area contributed by atoms with Crippen LogP contribution >= 0.6 is 0 Å². The van der Waals surface area contributed by atoms with Crippen LogP contribution in [0.5, 0.6) is 0 Å². The fourth-order valence-corrected chi connectivity index (χ4v) is 8.51. The van der Waals surface area contributed by atoms with Crippen LogP contribution in [-0.4, -0.2) is 97.5 Å². The van der Waals surface area contributed by atoms with E-state index in [2.05, 4.69) is 115 Å². The quantitative estimate of drug-likeness (QED) is 0.0196. The fraction of sp³-hybridized carbons (Fsp3) is 0.712. The molecule has 0 saturated carbocycles. The Morgan fingerprint density at radius 1 is 0.542 bits per heavy atom. The summed E-state index contributed by atoms with van der Waals surface area (Å²) in [7, 11) is -5.08. The van der Waals surface area contributed by atoms with E-state index in [1.165, 1.54) is 70.6 Å². The molecule has 4 N–H and O–H groups in total. The highest BCUT2D eigenvalue weighted by Crippen LogP contribution is 2.26. The Hall–Kier alpha value is -2.98. The molecule has 0 aliphatic carbocycles. The van der Waals surface area contributed by atoms with Crippen LogP contribution in [0, 0.1) is 0 Å². The van der Waals surface area contributed by atoms with Gasteiger partial charge in [0.1, 0.15) is 30.5 Å². The van der Waals surface area contributed by atoms with Crippen molar-refractivity contribution in [1.29, 1.82) is 0 Å². The minimum Gasteiger partial charge on any atom is -0.457 e. The molecule has 12 nitrogen and oxygen atoms in total. The van der Waals surface area contributed by atoms with Crippen LogP contribution in [0.4, 0.5) is 0 Å². The van der Waals surface area contributed by atoms with Crippen molar-refractivity contribution in [2.75, 3.05) is 26.4 Å². The number of aliphatic hydroxyl groups is 3. The van der Waals surface area contributed by atoms with Crippen molar-refractivity contribution in [3.05, 3.63) is 97.2 Å². The number of ether oxygens (including phenoxy) is 4. The van der Waals surface area contributed by atoms with E-state index >= 15 is 0 Å². The lowest BCUT2D eigenvalue weighted by Gasteiger charge is -2.41. The Labute approximate surface area is 437 Å². The lowest BCUT2D eigenvalue weighted by molar-refractivity contribution is -0.301. The topological polar surface area (TPSA) is 178 Å². The molecule has 1 heterocycles. The second-order valence-corrected chi connectivity index (χ2v) is 19.8. The second-order valence-electron chi connectivity index (χ2n) is 18.8. The number of aliphatic hydroxyl groups excluding tert-OH is 3. The number of unbranched alkanes of at least 4 members (excludes halogenated alkanes) is 19. The van der Waals surface area contributed by atoms with Crippen molar-refractivity contribution >= 4 is 16.4 Å². The first-order valence-electron chi connectivity index (χ1n) is 28.0. The van der Waals surface area contributed by atoms with E-state index in [0.717, 1.165) is 109 Å². The van der Waals surface area contributed by atoms with Crippen molar-refractivity contribution in [2.45, 2.75) is 243 Å². The van der Waals surface area contributed by atoms with Gasteiger partial charge in [0, 0.05) is 13.0 Å². The molecule has 1 saturated heterocycles. The standard InChI is InChI=1S/C59H100O12S/c1-3-5-7-9-11-13-15-17-19-21-23-25-26-27-29-31-33-35-37-39-41-43-45-47-49-67-51-53(52-68-59-57(63)58(71-72(64,65)66)56(62)54(50-60)70-59)69-55(61)48-46-44-42-40-38-36-34-32-30-28-24-22-20-18-16-14-12-10-8-6-4-2/h5,7,11,13,16-19,22-25,27,29,33,35,53-54,56-60,62-63H,3-4,6,8-10,12,14-15,20-21,26,28,30-32,34,36-52H2,1-2H3,(H,64,65,66)/b7-5-,13-11-,18-16-,19-17-,24-22-,25-23-,29-27-,35-33-. The second kappa shape index (κ2) is 48.9. The predicted molar refractivity (Wildman–Crippen MR) is 294 cm³/mol. The average Bonchev–Trinajstić information content (AvgIpc) is 3.36. The van der Waals surface area contributed by atoms with E-state index in [9.17, 15) is 33.1 Å². The van der Waals surface area contributed by atoms with Gasteiger partial charge in [-0.3, -0.25) is 9.35 Å². The summed E-state index contributed by atoms with van der Waals surface area (Å²) in [5.74, 6) is -0.414. The van der Waals surface area contributed by atoms with Gasteiger partial charge in [-0.25, -0.2) is 4.18 Å². The normalized spacial score (nSPS) is 19.7. The van der Waals surface area contributed by atoms with Crippen molar-refractivity contribution in [1.82, 2.24) is 0 Å². The molecule has 72 heavy (non-hydrogen) atoms. The van der Waals surface area contributed by atoms with Crippen LogP contribution in [0.25, 0.3) is 0 Å². The summed E-state index contributed by atoms with van der Waals surface area (Å²) in [6.45, 7) is 3.82. The molecule has 13 heteroatoms. The zero-order valence-electron chi connectivity index (χ0n) is 44.7. The summed E-state index contributed by atoms with van der Waals surface area (Å²) in [6, 6.07) is 0. The van der Waals surface area contributed by atoms with Gasteiger partial charge in [-0.1, -0.05) is 201 Å². The third-order valence-corrected chi connectivity index (χ3v) is 12.7. The molecular formula is C59H100O12S. The van der Waals surface area contributed by atoms with Gasteiger partial charge in [-0.15, -0.1) is 0 Å². The van der Waals surface area contributed by atoms with Crippen molar-refractivity contribution in [3.8, 4) is 0 Å². The van der Waals surface area contributed by atoms with Gasteiger partial charge in [0.25, 0.3) is 0 Å². The van der Waals surface area contributed by atoms with Crippen LogP contribution in [-0.2, 0) is 38.3 Å². The lowest BCUT2D eigenvalue weighted by atomic mass is 9.99. The highest BCUT2D eigenvalue weighted by atomic mass is 32.3. The van der Waals surface area contributed by atoms with E-state index in [4.69, 9.17) is 18.9 Å². The summed E-state index contributed by atoms with van der Waals surface area (Å²) < 4.78 is 59.4. The third kappa shape index (κ3) is 41.4. The molecule has 0 amide bonds. The van der Waals surface area contributed by atoms with E-state index in [0.29, 0.717) is 13.0 Å². The number of allylic oxidation sites excluding steroid dienone is 16. The molecule has 1 rings (SSSR count). The highest BCUT2D eigenvalue weighted by Gasteiger charge is 2.48. The SMILES string of the molecule is CC/C=C\C/C=C\C/C=C\C/C=C\C/C=C\C/C=C\CCCCCCCOCC(COC1OC(CO)C(O)C(OS(=O)(=O)O)C1O)OC(=O)CCCCCCCCCCC/C=C\C/C=C\CCCCCCC. The molecule has 0 aromatic carbocycles. The van der Waals surface area contributed by atoms with E-state index in [1.54, 1.807) is 0 Å². The molecule has 0 radical (unpaired) electrons. The molecule has 6 unspecified atom stereocenters. The van der Waals surface area contributed by atoms with E-state index < -0.39 is 59.8 Å². The smallest absolute Gasteiger partial charge is 0.397 e. The van der Waals surface area contributed by atoms with Gasteiger partial charge in [0.05, 0.1) is 19.8 Å². The largest absolute Gasteiger partial charge is 0.457 e. The van der Waals surface area contributed by atoms with Crippen molar-refractivity contribution in [3.63, 3.8) is 0 Å². The Morgan fingerprint density at radius 2 is 0.958 bits per heavy atom. The van der Waals surface area contributed by atoms with Gasteiger partial charge in [0.15, 0.2) is 6.29 Å². The maximum atomic E-state index is 12.9. The summed E-state index contributed by atoms with van der Waals surface area (Å²) in [5.41, 5.74) is 0. The fourth-order valence-electron chi connectivity index (χ4n) is 8.00. The zero-order chi connectivity index (χ0) is 52.4. The van der Waals surface area contributed by atoms with E-state index in [1.807, 2.05) is 0 Å². The number of hydrogen-bond acceptors (Lipinski definition) is 11. The number of rotatable bonds is 48. The van der Waals surface area contributed by atoms with Crippen molar-refractivity contribution in [2.24, 2.45) is 0 Å². The first kappa shape index (κ1) is 67.0. The number of carbonyl (C=O) groups excluding carboxylic acids is 1. The summed E-state index contributed by atoms with van der Waals surface area (Å²) in [5, 5.41) is 30.8. The van der Waals surface area contributed by atoms with Crippen LogP contribution in [0.1, 0.15) is 206 Å². The molecule has 0 aromatic heterocycles. The molecule has 1 fully saturated rings. The lowest BCUT2D eigenvalue weighted by Crippen LogP contribution is -2.60. The first-order valence-corrected chi connectivity index (χ1v) is 29.4. The molecule has 0 aromatic rings. The molecule has 6 atom stereocenters. The van der Waals surface area contributed by atoms with Gasteiger partial charge in [0.2, 0.25) is 0 Å². The van der Waals surface area contributed by atoms with Gasteiger partial charge >= 0.3 is 16.4 Å². The summed E-state index contributed by atoms with van der Waals surface area (Å²) in [4.78, 5) is 12.9. The van der Waals surface area contributed by atoms with Gasteiger partial charge < -0.3 is 34.3 Å². The van der Waals surface area contributed by atoms with Crippen LogP contribution in [0.3, 0.4) is 0 Å². The first-order chi connectivity index (χ1) is 35.1. The van der Waals surface area contributed by atoms with Crippen LogP contribution < -0.4 is 0 Å². The molecule has 1 aliphatic heterocycles. The third-order valence-electron chi connectivity index (χ3n) is 12.2. The predicted octanol–water partition coefficient (Wildman–Crippen LogP) is 13.8. The van der Waals surface area contributed by atoms with Crippen LogP contribution in [0.15, 0.2) is 97.2 Å². The Balaban J connectivity index is 2.36. The minimum absolute atomic E-state index is 0.0151. The molecule has 414 valence electrons. The highest BCUT2D eigenvalue weighted by molar-refractivity contribution is 7.80. The van der Waals surface area contributed by atoms with Gasteiger partial charge in [-0.05, 0) is 96.3 Å².